The predicted octanol–water partition coefficient (Wildman–Crippen LogP) is 2.31. The number of likely N-dealkylation sites (N-methyl/N-ethyl adjacent to an activating group) is 1. The van der Waals surface area contributed by atoms with Crippen molar-refractivity contribution in [3.8, 4) is 0 Å². The summed E-state index contributed by atoms with van der Waals surface area (Å²) in [5, 5.41) is 3.02. The number of rotatable bonds is 6. The minimum Gasteiger partial charge on any atom is -0.312 e. The number of nitrogens with one attached hydrogen (secondary N) is 1. The summed E-state index contributed by atoms with van der Waals surface area (Å²) in [6.07, 6.45) is 1.11. The molecule has 0 radical (unpaired) electrons. The first kappa shape index (κ1) is 17.0. The molecule has 0 heterocycles. The Morgan fingerprint density at radius 1 is 1.25 bits per heavy atom. The van der Waals surface area contributed by atoms with Gasteiger partial charge >= 0.3 is 0 Å². The fourth-order valence-electron chi connectivity index (χ4n) is 2.00. The van der Waals surface area contributed by atoms with E-state index >= 15 is 0 Å². The van der Waals surface area contributed by atoms with Crippen LogP contribution in [0, 0.1) is 11.6 Å². The van der Waals surface area contributed by atoms with Gasteiger partial charge in [0.1, 0.15) is 11.6 Å². The van der Waals surface area contributed by atoms with Crippen molar-refractivity contribution in [2.24, 2.45) is 0 Å². The third-order valence-electron chi connectivity index (χ3n) is 3.72. The standard InChI is InChI=1S/C14H21F2NO2S/c1-5-17-13(14(2,3)20(4,18)19)9-10-11(15)7-6-8-12(10)16/h6-8,13,17H,5,9H2,1-4H3. The molecule has 1 unspecified atom stereocenters. The van der Waals surface area contributed by atoms with E-state index in [1.54, 1.807) is 13.8 Å². The van der Waals surface area contributed by atoms with E-state index in [4.69, 9.17) is 0 Å². The van der Waals surface area contributed by atoms with E-state index in [0.29, 0.717) is 6.54 Å². The van der Waals surface area contributed by atoms with Crippen molar-refractivity contribution in [1.82, 2.24) is 5.32 Å². The summed E-state index contributed by atoms with van der Waals surface area (Å²) in [5.41, 5.74) is -0.0878. The summed E-state index contributed by atoms with van der Waals surface area (Å²) >= 11 is 0. The second-order valence-corrected chi connectivity index (χ2v) is 7.99. The SMILES string of the molecule is CCNC(Cc1c(F)cccc1F)C(C)(C)S(C)(=O)=O. The van der Waals surface area contributed by atoms with Gasteiger partial charge in [-0.05, 0) is 38.9 Å². The fraction of sp³-hybridized carbons (Fsp3) is 0.571. The van der Waals surface area contributed by atoms with Gasteiger partial charge in [-0.15, -0.1) is 0 Å². The van der Waals surface area contributed by atoms with Crippen LogP contribution in [0.2, 0.25) is 0 Å². The van der Waals surface area contributed by atoms with E-state index in [9.17, 15) is 17.2 Å². The summed E-state index contributed by atoms with van der Waals surface area (Å²) in [5.74, 6) is -1.31. The van der Waals surface area contributed by atoms with E-state index in [1.807, 2.05) is 6.92 Å². The largest absolute Gasteiger partial charge is 0.312 e. The van der Waals surface area contributed by atoms with Crippen LogP contribution >= 0.6 is 0 Å². The molecule has 0 amide bonds. The van der Waals surface area contributed by atoms with Gasteiger partial charge in [0, 0.05) is 17.9 Å². The second-order valence-electron chi connectivity index (χ2n) is 5.39. The molecule has 1 rings (SSSR count). The summed E-state index contributed by atoms with van der Waals surface area (Å²) in [6, 6.07) is 3.07. The van der Waals surface area contributed by atoms with Gasteiger partial charge in [-0.25, -0.2) is 17.2 Å². The lowest BCUT2D eigenvalue weighted by molar-refractivity contribution is 0.402. The zero-order valence-corrected chi connectivity index (χ0v) is 13.0. The van der Waals surface area contributed by atoms with Gasteiger partial charge < -0.3 is 5.32 Å². The maximum Gasteiger partial charge on any atom is 0.154 e. The van der Waals surface area contributed by atoms with Crippen molar-refractivity contribution in [2.75, 3.05) is 12.8 Å². The molecule has 0 fully saturated rings. The molecule has 0 bridgehead atoms. The topological polar surface area (TPSA) is 46.2 Å². The Hall–Kier alpha value is -1.01. The van der Waals surface area contributed by atoms with Crippen molar-refractivity contribution in [1.29, 1.82) is 0 Å². The third kappa shape index (κ3) is 3.55. The molecule has 0 saturated heterocycles. The summed E-state index contributed by atoms with van der Waals surface area (Å²) in [6.45, 7) is 5.46. The van der Waals surface area contributed by atoms with Gasteiger partial charge in [0.25, 0.3) is 0 Å². The summed E-state index contributed by atoms with van der Waals surface area (Å²) in [7, 11) is -3.38. The van der Waals surface area contributed by atoms with Gasteiger partial charge in [-0.3, -0.25) is 0 Å². The van der Waals surface area contributed by atoms with Gasteiger partial charge in [0.15, 0.2) is 9.84 Å². The molecule has 0 aliphatic rings. The van der Waals surface area contributed by atoms with Crippen LogP contribution in [0.3, 0.4) is 0 Å². The van der Waals surface area contributed by atoms with E-state index in [0.717, 1.165) is 6.26 Å². The Kier molecular flexibility index (Phi) is 5.27. The van der Waals surface area contributed by atoms with Crippen molar-refractivity contribution >= 4 is 9.84 Å². The minimum absolute atomic E-state index is 0.0214. The predicted molar refractivity (Wildman–Crippen MR) is 76.4 cm³/mol. The molecule has 0 aliphatic carbocycles. The highest BCUT2D eigenvalue weighted by Crippen LogP contribution is 2.25. The maximum atomic E-state index is 13.7. The van der Waals surface area contributed by atoms with Gasteiger partial charge in [-0.2, -0.15) is 0 Å². The Balaban J connectivity index is 3.17. The molecule has 1 aromatic carbocycles. The smallest absolute Gasteiger partial charge is 0.154 e. The van der Waals surface area contributed by atoms with Crippen LogP contribution in [0.15, 0.2) is 18.2 Å². The molecule has 20 heavy (non-hydrogen) atoms. The Labute approximate surface area is 119 Å². The first-order valence-corrected chi connectivity index (χ1v) is 8.36. The molecule has 0 saturated carbocycles. The molecule has 6 heteroatoms. The first-order chi connectivity index (χ1) is 9.11. The van der Waals surface area contributed by atoms with E-state index < -0.39 is 32.3 Å². The number of sulfone groups is 1. The van der Waals surface area contributed by atoms with Crippen molar-refractivity contribution in [2.45, 2.75) is 38.0 Å². The molecule has 3 nitrogen and oxygen atoms in total. The van der Waals surface area contributed by atoms with Crippen LogP contribution in [0.25, 0.3) is 0 Å². The van der Waals surface area contributed by atoms with Crippen LogP contribution in [-0.4, -0.2) is 32.0 Å². The molecule has 1 atom stereocenters. The highest BCUT2D eigenvalue weighted by Gasteiger charge is 2.39. The normalized spacial score (nSPS) is 14.3. The molecule has 0 spiro atoms. The number of halogens is 2. The lowest BCUT2D eigenvalue weighted by Gasteiger charge is -2.33. The molecular weight excluding hydrogens is 284 g/mol. The highest BCUT2D eigenvalue weighted by atomic mass is 32.2. The fourth-order valence-corrected chi connectivity index (χ4v) is 2.68. The number of hydrogen-bond acceptors (Lipinski definition) is 3. The average Bonchev–Trinajstić information content (AvgIpc) is 2.31. The third-order valence-corrected chi connectivity index (χ3v) is 5.91. The summed E-state index contributed by atoms with van der Waals surface area (Å²) in [4.78, 5) is 0. The lowest BCUT2D eigenvalue weighted by Crippen LogP contribution is -2.52. The summed E-state index contributed by atoms with van der Waals surface area (Å²) < 4.78 is 50.1. The Morgan fingerprint density at radius 2 is 1.75 bits per heavy atom. The minimum atomic E-state index is -3.38. The maximum absolute atomic E-state index is 13.7. The first-order valence-electron chi connectivity index (χ1n) is 6.47. The highest BCUT2D eigenvalue weighted by molar-refractivity contribution is 7.92. The zero-order chi connectivity index (χ0) is 15.6. The molecule has 114 valence electrons. The van der Waals surface area contributed by atoms with Gasteiger partial charge in [-0.1, -0.05) is 13.0 Å². The van der Waals surface area contributed by atoms with Gasteiger partial charge in [0.2, 0.25) is 0 Å². The van der Waals surface area contributed by atoms with Crippen molar-refractivity contribution in [3.05, 3.63) is 35.4 Å². The molecular formula is C14H21F2NO2S. The molecule has 1 N–H and O–H groups in total. The number of benzene rings is 1. The van der Waals surface area contributed by atoms with Gasteiger partial charge in [0.05, 0.1) is 4.75 Å². The van der Waals surface area contributed by atoms with Crippen molar-refractivity contribution < 1.29 is 17.2 Å². The molecule has 0 aromatic heterocycles. The molecule has 0 aliphatic heterocycles. The van der Waals surface area contributed by atoms with Crippen molar-refractivity contribution in [3.63, 3.8) is 0 Å². The van der Waals surface area contributed by atoms with Crippen LogP contribution < -0.4 is 5.32 Å². The van der Waals surface area contributed by atoms with E-state index in [-0.39, 0.29) is 12.0 Å². The van der Waals surface area contributed by atoms with Crippen LogP contribution in [0.5, 0.6) is 0 Å². The van der Waals surface area contributed by atoms with Crippen LogP contribution in [-0.2, 0) is 16.3 Å². The lowest BCUT2D eigenvalue weighted by atomic mass is 9.95. The second kappa shape index (κ2) is 6.18. The zero-order valence-electron chi connectivity index (χ0n) is 12.2. The monoisotopic (exact) mass is 305 g/mol. The Morgan fingerprint density at radius 3 is 2.15 bits per heavy atom. The average molecular weight is 305 g/mol. The Bertz CT molecular complexity index is 550. The van der Waals surface area contributed by atoms with E-state index in [2.05, 4.69) is 5.32 Å². The van der Waals surface area contributed by atoms with Crippen LogP contribution in [0.4, 0.5) is 8.78 Å². The molecule has 1 aromatic rings. The van der Waals surface area contributed by atoms with Crippen LogP contribution in [0.1, 0.15) is 26.3 Å². The number of hydrogen-bond donors (Lipinski definition) is 1. The quantitative estimate of drug-likeness (QED) is 0.877. The van der Waals surface area contributed by atoms with E-state index in [1.165, 1.54) is 18.2 Å².